The fraction of sp³-hybridized carbons (Fsp3) is 0.188. The summed E-state index contributed by atoms with van der Waals surface area (Å²) in [5.41, 5.74) is 22.8. The lowest BCUT2D eigenvalue weighted by atomic mass is 9.99. The Labute approximate surface area is 643 Å². The molecule has 0 unspecified atom stereocenters. The Bertz CT molecular complexity index is 5490. The zero-order valence-electron chi connectivity index (χ0n) is 64.9. The molecule has 0 spiro atoms. The van der Waals surface area contributed by atoms with E-state index in [1.807, 2.05) is 84.9 Å². The van der Waals surface area contributed by atoms with Crippen LogP contribution in [0.4, 0.5) is 0 Å². The highest BCUT2D eigenvalue weighted by Crippen LogP contribution is 2.52. The minimum atomic E-state index is 0.385. The molecule has 12 aromatic carbocycles. The molecule has 0 amide bonds. The first-order valence-corrected chi connectivity index (χ1v) is 37.3. The molecule has 14 heteroatoms. The summed E-state index contributed by atoms with van der Waals surface area (Å²) in [5, 5.41) is 7.38. The summed E-state index contributed by atoms with van der Waals surface area (Å²) in [6.45, 7) is 33.7. The van der Waals surface area contributed by atoms with Crippen LogP contribution >= 0.6 is 0 Å². The smallest absolute Gasteiger partial charge is 0.170 e. The maximum absolute atomic E-state index is 7.25. The van der Waals surface area contributed by atoms with Crippen LogP contribution in [-0.2, 0) is 13.1 Å². The van der Waals surface area contributed by atoms with E-state index in [0.29, 0.717) is 139 Å². The van der Waals surface area contributed by atoms with Crippen LogP contribution in [0.25, 0.3) is 11.4 Å². The second-order valence-electron chi connectivity index (χ2n) is 29.4. The van der Waals surface area contributed by atoms with Gasteiger partial charge in [0.2, 0.25) is 0 Å². The van der Waals surface area contributed by atoms with Crippen molar-refractivity contribution in [2.45, 2.75) is 124 Å². The van der Waals surface area contributed by atoms with Gasteiger partial charge in [-0.2, -0.15) is 0 Å². The van der Waals surface area contributed by atoms with Crippen LogP contribution in [0.15, 0.2) is 214 Å². The number of hydrogen-bond donors (Lipinski definition) is 2. The van der Waals surface area contributed by atoms with Gasteiger partial charge in [0.25, 0.3) is 0 Å². The summed E-state index contributed by atoms with van der Waals surface area (Å²) in [4.78, 5) is 22.8. The number of ether oxygens (including phenoxy) is 8. The minimum absolute atomic E-state index is 0.385. The van der Waals surface area contributed by atoms with Crippen molar-refractivity contribution >= 4 is 34.7 Å². The van der Waals surface area contributed by atoms with E-state index in [2.05, 4.69) is 231 Å². The quantitative estimate of drug-likeness (QED) is 0.0958. The average Bonchev–Trinajstić information content (AvgIpc) is 1.57. The summed E-state index contributed by atoms with van der Waals surface area (Å²) in [7, 11) is 0. The fourth-order valence-corrected chi connectivity index (χ4v) is 15.0. The SMILES string of the molecule is Cc1cccc(C)c1Oc1cc2c(cc1Oc1c(C)cccc1C)C(=NC1=N/C(=C3/N=C(N=C4NCc5cc(Oc6c(C)cccc6C)c(Oc6c(C)cccc6C)cc54)c4cc(Oc5c(C)cccc5C)c(Oc5c(C)cccc5C)cc43)c3cc(Oc4c(C)cccc4C)c(Oc4c(C)cccc4C)cc31)NC2. The van der Waals surface area contributed by atoms with E-state index in [0.717, 1.165) is 134 Å². The maximum atomic E-state index is 7.25. The van der Waals surface area contributed by atoms with Gasteiger partial charge < -0.3 is 48.5 Å². The maximum Gasteiger partial charge on any atom is 0.170 e. The molecular weight excluding hydrogens is 1370 g/mol. The number of amidine groups is 4. The third kappa shape index (κ3) is 13.6. The van der Waals surface area contributed by atoms with Gasteiger partial charge in [0.15, 0.2) is 57.7 Å². The molecule has 0 atom stereocenters. The van der Waals surface area contributed by atoms with Crippen molar-refractivity contribution in [1.29, 1.82) is 0 Å². The number of para-hydroxylation sites is 8. The van der Waals surface area contributed by atoms with Crippen LogP contribution in [0.3, 0.4) is 0 Å². The molecule has 12 aromatic rings. The molecular formula is C96H86N6O8. The number of nitrogens with zero attached hydrogens (tertiary/aromatic N) is 4. The van der Waals surface area contributed by atoms with E-state index < -0.39 is 0 Å². The lowest BCUT2D eigenvalue weighted by molar-refractivity contribution is 0.412. The van der Waals surface area contributed by atoms with E-state index in [1.54, 1.807) is 0 Å². The summed E-state index contributed by atoms with van der Waals surface area (Å²) in [6.07, 6.45) is 0. The van der Waals surface area contributed by atoms with E-state index in [-0.39, 0.29) is 0 Å². The van der Waals surface area contributed by atoms with Crippen molar-refractivity contribution < 1.29 is 37.9 Å². The first kappa shape index (κ1) is 71.3. The van der Waals surface area contributed by atoms with Crippen LogP contribution < -0.4 is 48.5 Å². The molecule has 0 bridgehead atoms. The highest BCUT2D eigenvalue weighted by Gasteiger charge is 2.36. The molecule has 548 valence electrons. The number of fused-ring (bicyclic) bond motifs is 4. The van der Waals surface area contributed by atoms with Crippen LogP contribution in [0.1, 0.15) is 134 Å². The number of aliphatic imine (C=N–C) groups is 4. The third-order valence-electron chi connectivity index (χ3n) is 21.0. The summed E-state index contributed by atoms with van der Waals surface area (Å²) in [5.74, 6) is 11.7. The van der Waals surface area contributed by atoms with Gasteiger partial charge in [-0.3, -0.25) is 0 Å². The molecule has 16 rings (SSSR count). The second-order valence-corrected chi connectivity index (χ2v) is 29.4. The Morgan fingerprint density at radius 1 is 0.227 bits per heavy atom. The Hall–Kier alpha value is -12.9. The van der Waals surface area contributed by atoms with Crippen LogP contribution in [0, 0.1) is 111 Å². The molecule has 0 saturated heterocycles. The standard InChI is InChI=1S/C96H86N6O8/c1-51-25-17-26-52(2)85(51)103-75-41-67-49-97-93(69(67)43-77(75)105-87-55(5)29-19-30-56(87)6)101-95-73-47-81(109-91-63(13)37-23-38-64(91)14)79(107-89-59(9)33-21-34-60(89)10)45-71(73)83(99-95)84-72-46-80(108-90-61(11)35-22-36-62(90)12)82(110-92-65(15)39-24-40-66(92)16)48-74(72)96(100-84)102-94-70-44-78(106-88-57(7)31-20-32-58(88)8)76(42-68(70)50-98-94)104-86-53(3)27-18-28-54(86)4/h17-48H,49-50H2,1-16H3,(H,97,99,101)(H,98,100,102)/b84-83+. The number of nitrogens with one attached hydrogen (secondary N) is 2. The topological polar surface area (TPSA) is 147 Å². The lowest BCUT2D eigenvalue weighted by Gasteiger charge is -2.19. The number of hydrogen-bond acceptors (Lipinski definition) is 12. The van der Waals surface area contributed by atoms with E-state index in [4.69, 9.17) is 57.9 Å². The molecule has 2 N–H and O–H groups in total. The van der Waals surface area contributed by atoms with Crippen molar-refractivity contribution in [2.24, 2.45) is 20.0 Å². The van der Waals surface area contributed by atoms with Gasteiger partial charge in [-0.1, -0.05) is 146 Å². The molecule has 0 saturated carbocycles. The van der Waals surface area contributed by atoms with Gasteiger partial charge in [0, 0.05) is 46.5 Å². The number of rotatable bonds is 16. The van der Waals surface area contributed by atoms with E-state index in [9.17, 15) is 0 Å². The average molecular weight is 1450 g/mol. The Kier molecular flexibility index (Phi) is 18.8. The van der Waals surface area contributed by atoms with Gasteiger partial charge >= 0.3 is 0 Å². The molecule has 110 heavy (non-hydrogen) atoms. The lowest BCUT2D eigenvalue weighted by Crippen LogP contribution is -2.17. The van der Waals surface area contributed by atoms with Crippen LogP contribution in [0.2, 0.25) is 0 Å². The molecule has 0 aliphatic carbocycles. The van der Waals surface area contributed by atoms with Gasteiger partial charge in [0.1, 0.15) is 69.1 Å². The molecule has 0 aromatic heterocycles. The third-order valence-corrected chi connectivity index (χ3v) is 21.0. The van der Waals surface area contributed by atoms with Crippen molar-refractivity contribution in [3.8, 4) is 92.0 Å². The van der Waals surface area contributed by atoms with Crippen LogP contribution in [-0.4, -0.2) is 23.3 Å². The Morgan fingerprint density at radius 2 is 0.400 bits per heavy atom. The molecule has 4 heterocycles. The highest BCUT2D eigenvalue weighted by atomic mass is 16.5. The number of aryl methyl sites for hydroxylation is 16. The Morgan fingerprint density at radius 3 is 0.600 bits per heavy atom. The fourth-order valence-electron chi connectivity index (χ4n) is 15.0. The van der Waals surface area contributed by atoms with Crippen molar-refractivity contribution in [2.75, 3.05) is 0 Å². The summed E-state index contributed by atoms with van der Waals surface area (Å²) < 4.78 is 56.9. The molecule has 0 radical (unpaired) electrons. The largest absolute Gasteiger partial charge is 0.453 e. The van der Waals surface area contributed by atoms with Crippen LogP contribution in [0.5, 0.6) is 92.0 Å². The number of benzene rings is 12. The molecule has 14 nitrogen and oxygen atoms in total. The Balaban J connectivity index is 0.949. The zero-order chi connectivity index (χ0) is 76.5. The van der Waals surface area contributed by atoms with E-state index in [1.165, 1.54) is 0 Å². The van der Waals surface area contributed by atoms with Gasteiger partial charge in [0.05, 0.1) is 0 Å². The highest BCUT2D eigenvalue weighted by molar-refractivity contribution is 6.24. The van der Waals surface area contributed by atoms with Crippen molar-refractivity contribution in [1.82, 2.24) is 10.6 Å². The molecule has 4 aliphatic rings. The van der Waals surface area contributed by atoms with Crippen molar-refractivity contribution in [3.63, 3.8) is 0 Å². The van der Waals surface area contributed by atoms with Gasteiger partial charge in [-0.05, 0) is 259 Å². The van der Waals surface area contributed by atoms with Gasteiger partial charge in [-0.25, -0.2) is 20.0 Å². The first-order valence-electron chi connectivity index (χ1n) is 37.3. The predicted octanol–water partition coefficient (Wildman–Crippen LogP) is 24.4. The van der Waals surface area contributed by atoms with Crippen molar-refractivity contribution in [3.05, 3.63) is 328 Å². The first-order chi connectivity index (χ1) is 53.1. The van der Waals surface area contributed by atoms with E-state index >= 15 is 0 Å². The minimum Gasteiger partial charge on any atom is -0.453 e. The summed E-state index contributed by atoms with van der Waals surface area (Å²) >= 11 is 0. The predicted molar refractivity (Wildman–Crippen MR) is 440 cm³/mol. The zero-order valence-corrected chi connectivity index (χ0v) is 64.9. The molecule has 4 aliphatic heterocycles. The summed E-state index contributed by atoms with van der Waals surface area (Å²) in [6, 6.07) is 65.4. The second kappa shape index (κ2) is 29.0. The molecule has 0 fully saturated rings. The normalized spacial score (nSPS) is 14.5. The van der Waals surface area contributed by atoms with Gasteiger partial charge in [-0.15, -0.1) is 0 Å². The monoisotopic (exact) mass is 1450 g/mol.